The Hall–Kier alpha value is -1.78. The van der Waals surface area contributed by atoms with Gasteiger partial charge >= 0.3 is 0 Å². The molecule has 0 amide bonds. The molecule has 2 heterocycles. The lowest BCUT2D eigenvalue weighted by Gasteiger charge is -2.03. The van der Waals surface area contributed by atoms with Crippen LogP contribution in [-0.2, 0) is 23.1 Å². The van der Waals surface area contributed by atoms with Crippen LogP contribution in [0, 0.1) is 0 Å². The first-order valence-corrected chi connectivity index (χ1v) is 8.17. The molecule has 116 valence electrons. The standard InChI is InChI=1S/C11H19N7O2S/c1-2-12-4-3-5-18-8-10(6-15-18)21(19,20)16-7-11-13-9-14-17-11/h6,8-9,12,16H,2-5,7H2,1H3,(H,13,14,17). The third-order valence-corrected chi connectivity index (χ3v) is 4.16. The molecule has 0 saturated heterocycles. The van der Waals surface area contributed by atoms with Crippen LogP contribution in [0.3, 0.4) is 0 Å². The van der Waals surface area contributed by atoms with Gasteiger partial charge in [-0.2, -0.15) is 10.2 Å². The molecule has 2 rings (SSSR count). The Kier molecular flexibility index (Phi) is 5.42. The Morgan fingerprint density at radius 3 is 3.00 bits per heavy atom. The second-order valence-electron chi connectivity index (χ2n) is 4.40. The van der Waals surface area contributed by atoms with Crippen LogP contribution >= 0.6 is 0 Å². The first-order valence-electron chi connectivity index (χ1n) is 6.69. The molecule has 0 aromatic carbocycles. The smallest absolute Gasteiger partial charge is 0.244 e. The number of hydrogen-bond acceptors (Lipinski definition) is 6. The maximum atomic E-state index is 12.1. The summed E-state index contributed by atoms with van der Waals surface area (Å²) < 4.78 is 28.2. The third kappa shape index (κ3) is 4.62. The van der Waals surface area contributed by atoms with Gasteiger partial charge in [-0.15, -0.1) is 0 Å². The Bertz CT molecular complexity index is 635. The maximum absolute atomic E-state index is 12.1. The number of rotatable bonds is 9. The van der Waals surface area contributed by atoms with Crippen molar-refractivity contribution in [3.05, 3.63) is 24.5 Å². The van der Waals surface area contributed by atoms with Crippen molar-refractivity contribution in [2.75, 3.05) is 13.1 Å². The zero-order valence-corrected chi connectivity index (χ0v) is 12.6. The van der Waals surface area contributed by atoms with Crippen molar-refractivity contribution >= 4 is 10.0 Å². The van der Waals surface area contributed by atoms with Crippen LogP contribution in [-0.4, -0.2) is 46.5 Å². The first-order chi connectivity index (χ1) is 10.1. The van der Waals surface area contributed by atoms with Gasteiger partial charge in [0.15, 0.2) is 0 Å². The summed E-state index contributed by atoms with van der Waals surface area (Å²) in [5, 5.41) is 13.5. The van der Waals surface area contributed by atoms with Gasteiger partial charge in [0.25, 0.3) is 0 Å². The second-order valence-corrected chi connectivity index (χ2v) is 6.17. The normalized spacial score (nSPS) is 11.9. The molecule has 0 saturated carbocycles. The molecule has 0 radical (unpaired) electrons. The van der Waals surface area contributed by atoms with E-state index in [1.165, 1.54) is 18.7 Å². The minimum atomic E-state index is -3.59. The zero-order valence-electron chi connectivity index (χ0n) is 11.8. The molecule has 0 atom stereocenters. The Labute approximate surface area is 123 Å². The zero-order chi connectivity index (χ0) is 15.1. The number of sulfonamides is 1. The monoisotopic (exact) mass is 313 g/mol. The highest BCUT2D eigenvalue weighted by Crippen LogP contribution is 2.07. The van der Waals surface area contributed by atoms with Crippen LogP contribution in [0.15, 0.2) is 23.6 Å². The molecule has 0 fully saturated rings. The average Bonchev–Trinajstić information content (AvgIpc) is 3.13. The molecule has 0 spiro atoms. The molecular weight excluding hydrogens is 294 g/mol. The van der Waals surface area contributed by atoms with Gasteiger partial charge in [-0.3, -0.25) is 9.78 Å². The molecular formula is C11H19N7O2S. The van der Waals surface area contributed by atoms with E-state index in [4.69, 9.17) is 0 Å². The Balaban J connectivity index is 1.89. The summed E-state index contributed by atoms with van der Waals surface area (Å²) in [7, 11) is -3.59. The van der Waals surface area contributed by atoms with Crippen molar-refractivity contribution in [2.24, 2.45) is 0 Å². The largest absolute Gasteiger partial charge is 0.317 e. The quantitative estimate of drug-likeness (QED) is 0.536. The van der Waals surface area contributed by atoms with Gasteiger partial charge in [0, 0.05) is 12.7 Å². The van der Waals surface area contributed by atoms with E-state index in [9.17, 15) is 8.42 Å². The fourth-order valence-electron chi connectivity index (χ4n) is 1.71. The second kappa shape index (κ2) is 7.29. The molecule has 21 heavy (non-hydrogen) atoms. The van der Waals surface area contributed by atoms with Crippen LogP contribution in [0.2, 0.25) is 0 Å². The maximum Gasteiger partial charge on any atom is 0.244 e. The average molecular weight is 313 g/mol. The SMILES string of the molecule is CCNCCCn1cc(S(=O)(=O)NCc2ncn[nH]2)cn1. The molecule has 0 aliphatic rings. The van der Waals surface area contributed by atoms with E-state index in [2.05, 4.69) is 30.3 Å². The van der Waals surface area contributed by atoms with Gasteiger partial charge < -0.3 is 5.32 Å². The molecule has 2 aromatic heterocycles. The van der Waals surface area contributed by atoms with Gasteiger partial charge in [-0.05, 0) is 19.5 Å². The minimum Gasteiger partial charge on any atom is -0.317 e. The van der Waals surface area contributed by atoms with Gasteiger partial charge in [-0.25, -0.2) is 18.1 Å². The number of hydrogen-bond donors (Lipinski definition) is 3. The van der Waals surface area contributed by atoms with E-state index < -0.39 is 10.0 Å². The lowest BCUT2D eigenvalue weighted by molar-refractivity contribution is 0.549. The van der Waals surface area contributed by atoms with Gasteiger partial charge in [0.1, 0.15) is 17.0 Å². The van der Waals surface area contributed by atoms with E-state index in [1.54, 1.807) is 4.68 Å². The van der Waals surface area contributed by atoms with E-state index in [0.717, 1.165) is 19.5 Å². The lowest BCUT2D eigenvalue weighted by atomic mass is 10.4. The number of nitrogens with one attached hydrogen (secondary N) is 3. The van der Waals surface area contributed by atoms with E-state index in [-0.39, 0.29) is 11.4 Å². The van der Waals surface area contributed by atoms with Crippen LogP contribution < -0.4 is 10.0 Å². The number of nitrogens with zero attached hydrogens (tertiary/aromatic N) is 4. The predicted molar refractivity (Wildman–Crippen MR) is 75.8 cm³/mol. The van der Waals surface area contributed by atoms with Crippen molar-refractivity contribution in [2.45, 2.75) is 31.3 Å². The van der Waals surface area contributed by atoms with E-state index >= 15 is 0 Å². The van der Waals surface area contributed by atoms with Crippen molar-refractivity contribution in [3.8, 4) is 0 Å². The minimum absolute atomic E-state index is 0.0634. The molecule has 0 unspecified atom stereocenters. The number of aryl methyl sites for hydroxylation is 1. The Morgan fingerprint density at radius 1 is 1.43 bits per heavy atom. The van der Waals surface area contributed by atoms with Gasteiger partial charge in [0.2, 0.25) is 10.0 Å². The molecule has 9 nitrogen and oxygen atoms in total. The highest BCUT2D eigenvalue weighted by Gasteiger charge is 2.16. The summed E-state index contributed by atoms with van der Waals surface area (Å²) in [6.45, 7) is 4.57. The number of aromatic amines is 1. The van der Waals surface area contributed by atoms with Gasteiger partial charge in [-0.1, -0.05) is 6.92 Å². The molecule has 0 aliphatic heterocycles. The highest BCUT2D eigenvalue weighted by molar-refractivity contribution is 7.89. The molecule has 10 heteroatoms. The van der Waals surface area contributed by atoms with Crippen molar-refractivity contribution in [1.29, 1.82) is 0 Å². The third-order valence-electron chi connectivity index (χ3n) is 2.81. The van der Waals surface area contributed by atoms with Crippen molar-refractivity contribution in [1.82, 2.24) is 35.0 Å². The number of aromatic nitrogens is 5. The van der Waals surface area contributed by atoms with Gasteiger partial charge in [0.05, 0.1) is 12.7 Å². The summed E-state index contributed by atoms with van der Waals surface area (Å²) in [6, 6.07) is 0. The number of H-pyrrole nitrogens is 1. The van der Waals surface area contributed by atoms with E-state index in [0.29, 0.717) is 12.4 Å². The fourth-order valence-corrected chi connectivity index (χ4v) is 2.65. The fraction of sp³-hybridized carbons (Fsp3) is 0.545. The summed E-state index contributed by atoms with van der Waals surface area (Å²) in [5.74, 6) is 0.455. The topological polar surface area (TPSA) is 118 Å². The van der Waals surface area contributed by atoms with Crippen molar-refractivity contribution < 1.29 is 8.42 Å². The summed E-state index contributed by atoms with van der Waals surface area (Å²) in [5.41, 5.74) is 0. The first kappa shape index (κ1) is 15.6. The Morgan fingerprint density at radius 2 is 2.29 bits per heavy atom. The highest BCUT2D eigenvalue weighted by atomic mass is 32.2. The molecule has 2 aromatic rings. The van der Waals surface area contributed by atoms with Crippen LogP contribution in [0.4, 0.5) is 0 Å². The van der Waals surface area contributed by atoms with Crippen molar-refractivity contribution in [3.63, 3.8) is 0 Å². The van der Waals surface area contributed by atoms with Crippen LogP contribution in [0.25, 0.3) is 0 Å². The predicted octanol–water partition coefficient (Wildman–Crippen LogP) is -0.521. The molecule has 0 aliphatic carbocycles. The van der Waals surface area contributed by atoms with Crippen LogP contribution in [0.5, 0.6) is 0 Å². The summed E-state index contributed by atoms with van der Waals surface area (Å²) in [4.78, 5) is 4.00. The summed E-state index contributed by atoms with van der Waals surface area (Å²) >= 11 is 0. The molecule has 0 bridgehead atoms. The summed E-state index contributed by atoms with van der Waals surface area (Å²) in [6.07, 6.45) is 5.08. The lowest BCUT2D eigenvalue weighted by Crippen LogP contribution is -2.23. The van der Waals surface area contributed by atoms with Crippen LogP contribution in [0.1, 0.15) is 19.2 Å². The van der Waals surface area contributed by atoms with E-state index in [1.807, 2.05) is 6.92 Å². The molecule has 3 N–H and O–H groups in total.